The fraction of sp³-hybridized carbons (Fsp3) is 0.500. The van der Waals surface area contributed by atoms with Crippen LogP contribution < -0.4 is 64.7 Å². The smallest absolute Gasteiger partial charge is 0.338 e. The monoisotopic (exact) mass is 1080 g/mol. The van der Waals surface area contributed by atoms with E-state index < -0.39 is 102 Å². The van der Waals surface area contributed by atoms with E-state index in [4.69, 9.17) is 17.2 Å². The van der Waals surface area contributed by atoms with Gasteiger partial charge in [-0.25, -0.2) is 4.98 Å². The van der Waals surface area contributed by atoms with Crippen LogP contribution in [0.4, 0.5) is 0 Å². The van der Waals surface area contributed by atoms with Gasteiger partial charge in [0.15, 0.2) is 0 Å². The fourth-order valence-electron chi connectivity index (χ4n) is 8.43. The number of aromatic amines is 2. The van der Waals surface area contributed by atoms with Gasteiger partial charge in [-0.1, -0.05) is 95.0 Å². The van der Waals surface area contributed by atoms with Crippen molar-refractivity contribution in [3.05, 3.63) is 90.1 Å². The number of H-pyrrole nitrogens is 2. The van der Waals surface area contributed by atoms with E-state index in [1.807, 2.05) is 31.2 Å². The number of benzene rings is 2. The van der Waals surface area contributed by atoms with E-state index in [9.17, 15) is 43.2 Å². The van der Waals surface area contributed by atoms with Crippen LogP contribution in [0.2, 0.25) is 0 Å². The maximum Gasteiger partial charge on any atom is 0.338 e. The molecule has 3 heterocycles. The van der Waals surface area contributed by atoms with Crippen LogP contribution in [-0.2, 0) is 62.4 Å². The number of fused-ring (bicyclic) bond motifs is 1. The molecule has 4 aromatic rings. The first-order valence-corrected chi connectivity index (χ1v) is 26.3. The molecule has 78 heavy (non-hydrogen) atoms. The molecule has 9 amide bonds. The van der Waals surface area contributed by atoms with Crippen molar-refractivity contribution in [3.8, 4) is 0 Å². The van der Waals surface area contributed by atoms with Crippen LogP contribution in [0, 0.1) is 0 Å². The Labute approximate surface area is 454 Å². The van der Waals surface area contributed by atoms with Crippen molar-refractivity contribution in [2.24, 2.45) is 17.2 Å². The molecule has 1 saturated carbocycles. The number of unbranched alkanes of at least 4 members (excludes halogenated alkanes) is 1. The van der Waals surface area contributed by atoms with E-state index in [2.05, 4.69) is 62.5 Å². The van der Waals surface area contributed by atoms with Crippen molar-refractivity contribution in [1.29, 1.82) is 0 Å². The SMILES string of the molecule is C.C1CC1.CCCCC(NC(C)=O)C(=O)NC1CC(=O)NCCCCC(C(N)=O)NC(=O)C(Cc2c[nH]c3ccccc23)NC(=O)C(CCC[NH+]=C(N)N)NC(=O)C(Cc2ccccc2)NC(=O)C(Cc2cnc[nH]2)NC1=O. The quantitative estimate of drug-likeness (QED) is 0.0331. The van der Waals surface area contributed by atoms with Gasteiger partial charge in [-0.3, -0.25) is 59.6 Å². The van der Waals surface area contributed by atoms with Gasteiger partial charge >= 0.3 is 5.96 Å². The van der Waals surface area contributed by atoms with Crippen LogP contribution in [0.5, 0.6) is 0 Å². The molecule has 2 aromatic carbocycles. The number of primary amides is 1. The Balaban J connectivity index is 0.00000317. The second-order valence-electron chi connectivity index (χ2n) is 19.3. The van der Waals surface area contributed by atoms with E-state index in [1.165, 1.54) is 38.7 Å². The zero-order valence-corrected chi connectivity index (χ0v) is 43.8. The average molecular weight is 1080 g/mol. The van der Waals surface area contributed by atoms with Crippen LogP contribution in [0.3, 0.4) is 0 Å². The molecule has 0 radical (unpaired) electrons. The molecular weight excluding hydrogens is 1000 g/mol. The van der Waals surface area contributed by atoms with Crippen LogP contribution in [0.25, 0.3) is 10.9 Å². The molecule has 0 spiro atoms. The number of hydrogen-bond acceptors (Lipinski definition) is 10. The fourth-order valence-corrected chi connectivity index (χ4v) is 8.43. The Morgan fingerprint density at radius 2 is 1.36 bits per heavy atom. The van der Waals surface area contributed by atoms with E-state index in [1.54, 1.807) is 36.5 Å². The number of imidazole rings is 1. The molecule has 7 unspecified atom stereocenters. The minimum atomic E-state index is -1.57. The molecule has 2 fully saturated rings. The predicted octanol–water partition coefficient (Wildman–Crippen LogP) is -1.36. The van der Waals surface area contributed by atoms with Gasteiger partial charge in [-0.05, 0) is 55.7 Å². The summed E-state index contributed by atoms with van der Waals surface area (Å²) in [4.78, 5) is 138. The van der Waals surface area contributed by atoms with Crippen LogP contribution >= 0.6 is 0 Å². The van der Waals surface area contributed by atoms with Crippen LogP contribution in [-0.4, -0.2) is 129 Å². The molecule has 7 atom stereocenters. The van der Waals surface area contributed by atoms with Gasteiger partial charge < -0.3 is 58.2 Å². The maximum atomic E-state index is 14.7. The molecule has 24 nitrogen and oxygen atoms in total. The normalized spacial score (nSPS) is 21.2. The second kappa shape index (κ2) is 32.3. The summed E-state index contributed by atoms with van der Waals surface area (Å²) >= 11 is 0. The van der Waals surface area contributed by atoms with Gasteiger partial charge in [0.25, 0.3) is 0 Å². The third-order valence-corrected chi connectivity index (χ3v) is 12.7. The summed E-state index contributed by atoms with van der Waals surface area (Å²) < 4.78 is 0. The Bertz CT molecular complexity index is 2630. The predicted molar refractivity (Wildman–Crippen MR) is 293 cm³/mol. The summed E-state index contributed by atoms with van der Waals surface area (Å²) in [6, 6.07) is 6.75. The van der Waals surface area contributed by atoms with E-state index in [-0.39, 0.29) is 84.3 Å². The zero-order valence-electron chi connectivity index (χ0n) is 43.8. The summed E-state index contributed by atoms with van der Waals surface area (Å²) in [5.74, 6) is -6.92. The first-order valence-electron chi connectivity index (χ1n) is 26.3. The number of aromatic nitrogens is 3. The molecule has 1 aliphatic carbocycles. The van der Waals surface area contributed by atoms with Crippen molar-refractivity contribution >= 4 is 70.0 Å². The number of guanidine groups is 1. The van der Waals surface area contributed by atoms with Gasteiger partial charge in [0, 0.05) is 61.7 Å². The Kier molecular flexibility index (Phi) is 25.8. The molecular formula is C54H80N15O9+. The molecule has 17 N–H and O–H groups in total. The lowest BCUT2D eigenvalue weighted by Gasteiger charge is -2.28. The summed E-state index contributed by atoms with van der Waals surface area (Å²) in [7, 11) is 0. The van der Waals surface area contributed by atoms with E-state index in [0.29, 0.717) is 29.7 Å². The highest BCUT2D eigenvalue weighted by atomic mass is 16.2. The molecule has 2 aromatic heterocycles. The van der Waals surface area contributed by atoms with Gasteiger partial charge in [-0.2, -0.15) is 0 Å². The highest BCUT2D eigenvalue weighted by Crippen LogP contribution is 2.20. The Hall–Kier alpha value is -8.31. The summed E-state index contributed by atoms with van der Waals surface area (Å²) in [6.07, 6.45) is 10.4. The minimum Gasteiger partial charge on any atom is -0.368 e. The summed E-state index contributed by atoms with van der Waals surface area (Å²) in [6.45, 7) is 3.39. The first kappa shape index (κ1) is 62.2. The summed E-state index contributed by atoms with van der Waals surface area (Å²) in [5, 5.41) is 22.4. The second-order valence-corrected chi connectivity index (χ2v) is 19.3. The standard InChI is InChI=1S/C50H69N15O9.C3H6.CH4/c1-3-4-16-36(59-29(2)66)44(69)65-41-25-42(67)55-20-11-10-18-35(43(51)68)60-47(72)39(23-31-26-57-34-17-9-8-15-33(31)34)63-45(70)37(19-12-21-56-50(52)53)61-46(71)38(22-30-13-6-5-7-14-30)62-48(73)40(64-49(41)74)24-32-27-54-28-58-32;1-2-3-1;/h5-9,13-15,17,26-28,35-41,57H,3-4,10-12,16,18-25H2,1-2H3,(H2,51,68)(H,54,58)(H,55,67)(H,59,66)(H,60,72)(H,61,71)(H,62,73)(H,63,70)(H,64,74)(H,65,69)(H4,52,53,56);1-3H2;1H4/p+1. The van der Waals surface area contributed by atoms with Crippen LogP contribution in [0.1, 0.15) is 115 Å². The largest absolute Gasteiger partial charge is 0.368 e. The molecule has 1 saturated heterocycles. The third-order valence-electron chi connectivity index (χ3n) is 12.7. The van der Waals surface area contributed by atoms with Crippen molar-refractivity contribution in [1.82, 2.24) is 57.5 Å². The first-order chi connectivity index (χ1) is 37.0. The maximum absolute atomic E-state index is 14.7. The van der Waals surface area contributed by atoms with Gasteiger partial charge in [0.05, 0.1) is 19.3 Å². The number of carbonyl (C=O) groups excluding carboxylic acids is 9. The minimum absolute atomic E-state index is 0. The number of nitrogens with one attached hydrogen (secondary N) is 11. The topological polar surface area (TPSA) is 386 Å². The zero-order chi connectivity index (χ0) is 55.7. The number of para-hydroxylation sites is 1. The Morgan fingerprint density at radius 3 is 2.00 bits per heavy atom. The molecule has 1 aliphatic heterocycles. The van der Waals surface area contributed by atoms with Crippen molar-refractivity contribution in [3.63, 3.8) is 0 Å². The molecule has 424 valence electrons. The van der Waals surface area contributed by atoms with Gasteiger partial charge in [0.1, 0.15) is 42.3 Å². The van der Waals surface area contributed by atoms with Crippen molar-refractivity contribution in [2.45, 2.75) is 160 Å². The molecule has 24 heteroatoms. The van der Waals surface area contributed by atoms with E-state index in [0.717, 1.165) is 10.9 Å². The lowest BCUT2D eigenvalue weighted by atomic mass is 10.0. The average Bonchev–Trinajstić information content (AvgIpc) is 4.10. The third kappa shape index (κ3) is 21.4. The van der Waals surface area contributed by atoms with Crippen molar-refractivity contribution in [2.75, 3.05) is 13.1 Å². The van der Waals surface area contributed by atoms with Gasteiger partial charge in [-0.15, -0.1) is 0 Å². The lowest BCUT2D eigenvalue weighted by Crippen LogP contribution is -2.78. The highest BCUT2D eigenvalue weighted by Gasteiger charge is 2.35. The molecule has 0 bridgehead atoms. The highest BCUT2D eigenvalue weighted by molar-refractivity contribution is 5.99. The van der Waals surface area contributed by atoms with Crippen molar-refractivity contribution < 1.29 is 48.1 Å². The number of nitrogens with zero attached hydrogens (tertiary/aromatic N) is 1. The Morgan fingerprint density at radius 1 is 0.731 bits per heavy atom. The van der Waals surface area contributed by atoms with E-state index >= 15 is 0 Å². The molecule has 6 rings (SSSR count). The number of hydrogen-bond donors (Lipinski definition) is 14. The number of amides is 9. The van der Waals surface area contributed by atoms with Crippen LogP contribution in [0.15, 0.2) is 73.3 Å². The van der Waals surface area contributed by atoms with Gasteiger partial charge in [0.2, 0.25) is 53.2 Å². The lowest BCUT2D eigenvalue weighted by molar-refractivity contribution is -0.459. The summed E-state index contributed by atoms with van der Waals surface area (Å²) in [5.41, 5.74) is 19.5. The number of nitrogens with two attached hydrogens (primary N) is 3. The number of rotatable bonds is 17. The molecule has 2 aliphatic rings. The number of carbonyl (C=O) groups is 9.